The monoisotopic (exact) mass is 563 g/mol. The first-order valence-electron chi connectivity index (χ1n) is 16.7. The molecule has 1 spiro atoms. The summed E-state index contributed by atoms with van der Waals surface area (Å²) in [5, 5.41) is 0. The molecule has 220 valence electrons. The first-order valence-corrected chi connectivity index (χ1v) is 17.6. The molecule has 3 nitrogen and oxygen atoms in total. The number of Topliss-reactive ketones (excluding diaryl/α,β-unsaturated/α-hetero) is 1. The maximum Gasteiger partial charge on any atom is 0.145 e. The summed E-state index contributed by atoms with van der Waals surface area (Å²) in [5.41, 5.74) is 4.46. The zero-order valence-electron chi connectivity index (χ0n) is 26.5. The minimum atomic E-state index is -0.240. The number of thiazole rings is 1. The Morgan fingerprint density at radius 1 is 0.900 bits per heavy atom. The Morgan fingerprint density at radius 2 is 1.65 bits per heavy atom. The summed E-state index contributed by atoms with van der Waals surface area (Å²) in [5.74, 6) is 3.73. The van der Waals surface area contributed by atoms with E-state index < -0.39 is 0 Å². The van der Waals surface area contributed by atoms with Gasteiger partial charge in [-0.1, -0.05) is 48.5 Å². The summed E-state index contributed by atoms with van der Waals surface area (Å²) < 4.78 is 6.79. The molecular weight excluding hydrogens is 510 g/mol. The fraction of sp³-hybridized carbons (Fsp3) is 0.889. The third-order valence-electron chi connectivity index (χ3n) is 16.2. The Kier molecular flexibility index (Phi) is 5.14. The molecule has 0 unspecified atom stereocenters. The van der Waals surface area contributed by atoms with Crippen molar-refractivity contribution in [3.05, 3.63) is 16.1 Å². The van der Waals surface area contributed by atoms with Crippen LogP contribution in [0.2, 0.25) is 0 Å². The average molecular weight is 564 g/mol. The van der Waals surface area contributed by atoms with E-state index in [2.05, 4.69) is 60.4 Å². The largest absolute Gasteiger partial charge is 0.377 e. The van der Waals surface area contributed by atoms with Crippen LogP contribution in [0.1, 0.15) is 129 Å². The van der Waals surface area contributed by atoms with Crippen molar-refractivity contribution in [2.24, 2.45) is 61.6 Å². The van der Waals surface area contributed by atoms with Crippen molar-refractivity contribution in [3.8, 4) is 0 Å². The van der Waals surface area contributed by atoms with Gasteiger partial charge in [-0.05, 0) is 122 Å². The summed E-state index contributed by atoms with van der Waals surface area (Å²) in [6.45, 7) is 21.0. The molecule has 0 N–H and O–H groups in total. The number of carbonyl (C=O) groups is 1. The third kappa shape index (κ3) is 2.89. The van der Waals surface area contributed by atoms with Crippen LogP contribution in [0.3, 0.4) is 0 Å². The van der Waals surface area contributed by atoms with E-state index in [9.17, 15) is 4.79 Å². The molecule has 11 atom stereocenters. The second-order valence-electron chi connectivity index (χ2n) is 18.2. The SMILES string of the molecule is Cc1ncsc1[C@H]1C[C@@]12C[C@@]1(C)[C@H](CC[C@]3(C)[C@@H]1CC[C@@H]1[C@H]4[C@H]5OC[C@@]4(CCC5(C)C)CC[C@]13C)C(C)(C)C2=O. The van der Waals surface area contributed by atoms with Crippen molar-refractivity contribution in [1.82, 2.24) is 4.98 Å². The van der Waals surface area contributed by atoms with Crippen LogP contribution in [0.4, 0.5) is 0 Å². The second kappa shape index (κ2) is 7.66. The minimum Gasteiger partial charge on any atom is -0.377 e. The van der Waals surface area contributed by atoms with Crippen molar-refractivity contribution >= 4 is 17.1 Å². The van der Waals surface area contributed by atoms with Crippen molar-refractivity contribution in [1.29, 1.82) is 0 Å². The van der Waals surface area contributed by atoms with Gasteiger partial charge >= 0.3 is 0 Å². The molecule has 6 aliphatic carbocycles. The molecule has 6 saturated carbocycles. The molecule has 2 bridgehead atoms. The number of fused-ring (bicyclic) bond motifs is 5. The lowest BCUT2D eigenvalue weighted by atomic mass is 9.31. The fourth-order valence-electron chi connectivity index (χ4n) is 14.1. The zero-order chi connectivity index (χ0) is 28.3. The lowest BCUT2D eigenvalue weighted by Crippen LogP contribution is -2.68. The predicted molar refractivity (Wildman–Crippen MR) is 161 cm³/mol. The van der Waals surface area contributed by atoms with Gasteiger partial charge in [-0.2, -0.15) is 0 Å². The van der Waals surface area contributed by atoms with Crippen LogP contribution in [0.5, 0.6) is 0 Å². The normalized spacial score (nSPS) is 55.2. The Morgan fingerprint density at radius 3 is 2.38 bits per heavy atom. The summed E-state index contributed by atoms with van der Waals surface area (Å²) in [4.78, 5) is 20.4. The summed E-state index contributed by atoms with van der Waals surface area (Å²) in [6.07, 6.45) is 13.4. The Hall–Kier alpha value is -0.740. The molecule has 8 rings (SSSR count). The molecule has 1 aromatic rings. The van der Waals surface area contributed by atoms with Crippen molar-refractivity contribution in [3.63, 3.8) is 0 Å². The Labute approximate surface area is 247 Å². The molecule has 1 aromatic heterocycles. The first kappa shape index (κ1) is 26.9. The standard InChI is InChI=1S/C36H53NO2S/c1-21-27(40-20-37-21)23-17-36(23)18-32(6)24(31(4,5)29(36)38)11-12-34(8)25(32)10-9-22-26-28-30(2,3)13-15-35(26,19-39-28)16-14-33(22,34)7/h20,22-26,28H,9-19H2,1-8H3/t22-,23-,24-,25-,26+,28-,32+,33-,34-,35-,36-/m1/s1. The van der Waals surface area contributed by atoms with E-state index in [0.29, 0.717) is 51.3 Å². The molecule has 4 heteroatoms. The molecular formula is C36H53NO2S. The van der Waals surface area contributed by atoms with Gasteiger partial charge in [-0.15, -0.1) is 11.3 Å². The van der Waals surface area contributed by atoms with E-state index in [0.717, 1.165) is 37.0 Å². The highest BCUT2D eigenvalue weighted by Gasteiger charge is 2.77. The molecule has 40 heavy (non-hydrogen) atoms. The first-order chi connectivity index (χ1) is 18.7. The summed E-state index contributed by atoms with van der Waals surface area (Å²) >= 11 is 1.80. The van der Waals surface area contributed by atoms with Gasteiger partial charge in [-0.25, -0.2) is 4.98 Å². The van der Waals surface area contributed by atoms with Gasteiger partial charge in [0.2, 0.25) is 0 Å². The average Bonchev–Trinajstić information content (AvgIpc) is 3.23. The number of ketones is 1. The van der Waals surface area contributed by atoms with Crippen molar-refractivity contribution < 1.29 is 9.53 Å². The molecule has 1 saturated heterocycles. The van der Waals surface area contributed by atoms with E-state index in [1.807, 2.05) is 5.51 Å². The number of hydrogen-bond acceptors (Lipinski definition) is 4. The number of hydrogen-bond donors (Lipinski definition) is 0. The number of carbonyl (C=O) groups excluding carboxylic acids is 1. The van der Waals surface area contributed by atoms with Crippen LogP contribution in [0.15, 0.2) is 5.51 Å². The van der Waals surface area contributed by atoms with Crippen LogP contribution in [0.25, 0.3) is 0 Å². The smallest absolute Gasteiger partial charge is 0.145 e. The van der Waals surface area contributed by atoms with E-state index >= 15 is 0 Å². The van der Waals surface area contributed by atoms with Gasteiger partial charge in [0.15, 0.2) is 0 Å². The number of aromatic nitrogens is 1. The Bertz CT molecular complexity index is 1280. The molecule has 2 heterocycles. The highest BCUT2D eigenvalue weighted by Crippen LogP contribution is 2.81. The number of aryl methyl sites for hydroxylation is 1. The van der Waals surface area contributed by atoms with E-state index in [1.165, 1.54) is 56.2 Å². The molecule has 0 aromatic carbocycles. The van der Waals surface area contributed by atoms with Gasteiger partial charge in [0.1, 0.15) is 5.78 Å². The van der Waals surface area contributed by atoms with Crippen molar-refractivity contribution in [2.45, 2.75) is 132 Å². The van der Waals surface area contributed by atoms with Crippen LogP contribution in [0, 0.1) is 68.5 Å². The van der Waals surface area contributed by atoms with E-state index in [-0.39, 0.29) is 16.2 Å². The van der Waals surface area contributed by atoms with Gasteiger partial charge in [0.25, 0.3) is 0 Å². The highest BCUT2D eigenvalue weighted by molar-refractivity contribution is 7.09. The van der Waals surface area contributed by atoms with Crippen LogP contribution < -0.4 is 0 Å². The molecule has 0 radical (unpaired) electrons. The summed E-state index contributed by atoms with van der Waals surface area (Å²) in [6, 6.07) is 0. The molecule has 7 aliphatic rings. The number of ether oxygens (including phenoxy) is 1. The van der Waals surface area contributed by atoms with Gasteiger partial charge in [0, 0.05) is 21.6 Å². The van der Waals surface area contributed by atoms with Crippen LogP contribution in [-0.2, 0) is 9.53 Å². The fourth-order valence-corrected chi connectivity index (χ4v) is 15.1. The zero-order valence-corrected chi connectivity index (χ0v) is 27.3. The van der Waals surface area contributed by atoms with Crippen LogP contribution >= 0.6 is 11.3 Å². The number of nitrogens with zero attached hydrogens (tertiary/aromatic N) is 1. The van der Waals surface area contributed by atoms with E-state index in [1.54, 1.807) is 11.3 Å². The predicted octanol–water partition coefficient (Wildman–Crippen LogP) is 8.99. The maximum atomic E-state index is 14.4. The minimum absolute atomic E-state index is 0.154. The lowest BCUT2D eigenvalue weighted by Gasteiger charge is -2.73. The quantitative estimate of drug-likeness (QED) is 0.342. The molecule has 0 amide bonds. The van der Waals surface area contributed by atoms with Gasteiger partial charge in [-0.3, -0.25) is 4.79 Å². The maximum absolute atomic E-state index is 14.4. The number of rotatable bonds is 1. The molecule has 1 aliphatic heterocycles. The van der Waals surface area contributed by atoms with E-state index in [4.69, 9.17) is 4.74 Å². The summed E-state index contributed by atoms with van der Waals surface area (Å²) in [7, 11) is 0. The lowest BCUT2D eigenvalue weighted by molar-refractivity contribution is -0.244. The van der Waals surface area contributed by atoms with Crippen LogP contribution in [-0.4, -0.2) is 23.5 Å². The Balaban J connectivity index is 1.19. The van der Waals surface area contributed by atoms with Crippen molar-refractivity contribution in [2.75, 3.05) is 6.61 Å². The molecule has 7 fully saturated rings. The van der Waals surface area contributed by atoms with Gasteiger partial charge in [0.05, 0.1) is 23.9 Å². The second-order valence-corrected chi connectivity index (χ2v) is 19.1. The topological polar surface area (TPSA) is 39.2 Å². The highest BCUT2D eigenvalue weighted by atomic mass is 32.1. The van der Waals surface area contributed by atoms with Gasteiger partial charge < -0.3 is 4.74 Å². The third-order valence-corrected chi connectivity index (χ3v) is 17.2.